The molecule has 8 heteroatoms. The molecule has 2 saturated heterocycles. The molecule has 2 aliphatic heterocycles. The van der Waals surface area contributed by atoms with E-state index in [-0.39, 0.29) is 17.9 Å². The molecule has 0 aromatic carbocycles. The minimum absolute atomic E-state index is 0.0366. The minimum atomic E-state index is -0.0366. The Labute approximate surface area is 154 Å². The maximum Gasteiger partial charge on any atom is 0.317 e. The van der Waals surface area contributed by atoms with Gasteiger partial charge in [-0.3, -0.25) is 9.69 Å². The SMILES string of the molecule is COCCN1CC(CNC(=O)N2CCN(Cc3ccco3)CC2)CC1=O. The van der Waals surface area contributed by atoms with Crippen LogP contribution >= 0.6 is 0 Å². The first-order chi connectivity index (χ1) is 12.7. The fourth-order valence-corrected chi connectivity index (χ4v) is 3.48. The highest BCUT2D eigenvalue weighted by Gasteiger charge is 2.30. The Morgan fingerprint density at radius 1 is 1.35 bits per heavy atom. The molecule has 3 rings (SSSR count). The second kappa shape index (κ2) is 9.05. The fraction of sp³-hybridized carbons (Fsp3) is 0.667. The summed E-state index contributed by atoms with van der Waals surface area (Å²) < 4.78 is 10.4. The Morgan fingerprint density at radius 3 is 2.85 bits per heavy atom. The Kier molecular flexibility index (Phi) is 6.51. The quantitative estimate of drug-likeness (QED) is 0.767. The van der Waals surface area contributed by atoms with Crippen molar-refractivity contribution in [1.82, 2.24) is 20.0 Å². The summed E-state index contributed by atoms with van der Waals surface area (Å²) in [5, 5.41) is 2.99. The van der Waals surface area contributed by atoms with Gasteiger partial charge in [-0.05, 0) is 12.1 Å². The number of carbonyl (C=O) groups is 2. The lowest BCUT2D eigenvalue weighted by Gasteiger charge is -2.34. The normalized spacial score (nSPS) is 21.4. The summed E-state index contributed by atoms with van der Waals surface area (Å²) in [6.07, 6.45) is 2.18. The number of amides is 3. The third kappa shape index (κ3) is 4.98. The number of nitrogens with zero attached hydrogens (tertiary/aromatic N) is 3. The molecule has 2 aliphatic rings. The third-order valence-electron chi connectivity index (χ3n) is 5.02. The molecule has 8 nitrogen and oxygen atoms in total. The van der Waals surface area contributed by atoms with Crippen LogP contribution in [0.1, 0.15) is 12.2 Å². The Bertz CT molecular complexity index is 584. The average molecular weight is 364 g/mol. The highest BCUT2D eigenvalue weighted by atomic mass is 16.5. The molecule has 0 bridgehead atoms. The van der Waals surface area contributed by atoms with Crippen molar-refractivity contribution in [2.75, 3.05) is 59.5 Å². The molecule has 0 spiro atoms. The van der Waals surface area contributed by atoms with E-state index in [1.807, 2.05) is 21.9 Å². The molecule has 0 aliphatic carbocycles. The fourth-order valence-electron chi connectivity index (χ4n) is 3.48. The number of hydrogen-bond donors (Lipinski definition) is 1. The van der Waals surface area contributed by atoms with E-state index >= 15 is 0 Å². The number of ether oxygens (including phenoxy) is 1. The van der Waals surface area contributed by atoms with Crippen LogP contribution in [0.2, 0.25) is 0 Å². The lowest BCUT2D eigenvalue weighted by atomic mass is 10.1. The molecule has 0 radical (unpaired) electrons. The zero-order chi connectivity index (χ0) is 18.4. The van der Waals surface area contributed by atoms with Crippen molar-refractivity contribution < 1.29 is 18.7 Å². The summed E-state index contributed by atoms with van der Waals surface area (Å²) in [5.74, 6) is 1.28. The van der Waals surface area contributed by atoms with Crippen molar-refractivity contribution >= 4 is 11.9 Å². The Hall–Kier alpha value is -2.06. The van der Waals surface area contributed by atoms with Gasteiger partial charge in [-0.15, -0.1) is 0 Å². The predicted octanol–water partition coefficient (Wildman–Crippen LogP) is 0.602. The zero-order valence-corrected chi connectivity index (χ0v) is 15.4. The highest BCUT2D eigenvalue weighted by Crippen LogP contribution is 2.17. The van der Waals surface area contributed by atoms with Crippen molar-refractivity contribution in [3.63, 3.8) is 0 Å². The molecule has 1 aromatic heterocycles. The lowest BCUT2D eigenvalue weighted by Crippen LogP contribution is -2.52. The highest BCUT2D eigenvalue weighted by molar-refractivity contribution is 5.79. The predicted molar refractivity (Wildman–Crippen MR) is 95.5 cm³/mol. The Morgan fingerprint density at radius 2 is 2.15 bits per heavy atom. The van der Waals surface area contributed by atoms with Gasteiger partial charge in [0.25, 0.3) is 0 Å². The van der Waals surface area contributed by atoms with Gasteiger partial charge in [-0.1, -0.05) is 0 Å². The van der Waals surface area contributed by atoms with Crippen molar-refractivity contribution in [2.45, 2.75) is 13.0 Å². The van der Waals surface area contributed by atoms with E-state index in [9.17, 15) is 9.59 Å². The number of carbonyl (C=O) groups excluding carboxylic acids is 2. The van der Waals surface area contributed by atoms with Crippen LogP contribution in [0.5, 0.6) is 0 Å². The van der Waals surface area contributed by atoms with E-state index in [4.69, 9.17) is 9.15 Å². The number of hydrogen-bond acceptors (Lipinski definition) is 5. The molecule has 2 fully saturated rings. The molecular weight excluding hydrogens is 336 g/mol. The summed E-state index contributed by atoms with van der Waals surface area (Å²) in [5.41, 5.74) is 0. The number of rotatable bonds is 7. The number of methoxy groups -OCH3 is 1. The van der Waals surface area contributed by atoms with Gasteiger partial charge in [0, 0.05) is 65.3 Å². The molecule has 0 saturated carbocycles. The van der Waals surface area contributed by atoms with E-state index in [1.54, 1.807) is 13.4 Å². The van der Waals surface area contributed by atoms with Gasteiger partial charge in [0.15, 0.2) is 0 Å². The van der Waals surface area contributed by atoms with Gasteiger partial charge >= 0.3 is 6.03 Å². The molecule has 26 heavy (non-hydrogen) atoms. The molecule has 3 amide bonds. The van der Waals surface area contributed by atoms with Gasteiger partial charge in [-0.25, -0.2) is 4.79 Å². The van der Waals surface area contributed by atoms with Crippen LogP contribution in [0.15, 0.2) is 22.8 Å². The van der Waals surface area contributed by atoms with Crippen molar-refractivity contribution in [3.05, 3.63) is 24.2 Å². The minimum Gasteiger partial charge on any atom is -0.468 e. The first-order valence-corrected chi connectivity index (χ1v) is 9.20. The first kappa shape index (κ1) is 18.7. The molecule has 3 heterocycles. The molecule has 1 aromatic rings. The van der Waals surface area contributed by atoms with Gasteiger partial charge in [-0.2, -0.15) is 0 Å². The van der Waals surface area contributed by atoms with Gasteiger partial charge in [0.05, 0.1) is 19.4 Å². The molecular formula is C18H28N4O4. The van der Waals surface area contributed by atoms with Gasteiger partial charge in [0.2, 0.25) is 5.91 Å². The summed E-state index contributed by atoms with van der Waals surface area (Å²) in [6.45, 7) is 6.27. The van der Waals surface area contributed by atoms with Crippen molar-refractivity contribution in [3.8, 4) is 0 Å². The van der Waals surface area contributed by atoms with Gasteiger partial charge < -0.3 is 24.3 Å². The van der Waals surface area contributed by atoms with E-state index in [1.165, 1.54) is 0 Å². The molecule has 1 unspecified atom stereocenters. The second-order valence-electron chi connectivity index (χ2n) is 6.93. The average Bonchev–Trinajstić information content (AvgIpc) is 3.28. The Balaban J connectivity index is 1.35. The molecule has 144 valence electrons. The zero-order valence-electron chi connectivity index (χ0n) is 15.4. The van der Waals surface area contributed by atoms with E-state index in [2.05, 4.69) is 10.2 Å². The standard InChI is InChI=1S/C18H28N4O4/c1-25-10-8-22-13-15(11-17(22)23)12-19-18(24)21-6-4-20(5-7-21)14-16-3-2-9-26-16/h2-3,9,15H,4-8,10-14H2,1H3,(H,19,24). The molecule has 1 N–H and O–H groups in total. The third-order valence-corrected chi connectivity index (χ3v) is 5.02. The van der Waals surface area contributed by atoms with Crippen LogP contribution in [0.4, 0.5) is 4.79 Å². The maximum atomic E-state index is 12.4. The summed E-state index contributed by atoms with van der Waals surface area (Å²) in [6, 6.07) is 3.83. The number of likely N-dealkylation sites (tertiary alicyclic amines) is 1. The number of urea groups is 1. The van der Waals surface area contributed by atoms with Crippen molar-refractivity contribution in [2.24, 2.45) is 5.92 Å². The van der Waals surface area contributed by atoms with Crippen LogP contribution in [0.3, 0.4) is 0 Å². The van der Waals surface area contributed by atoms with Crippen LogP contribution in [0.25, 0.3) is 0 Å². The van der Waals surface area contributed by atoms with E-state index in [0.717, 1.165) is 25.4 Å². The van der Waals surface area contributed by atoms with E-state index in [0.29, 0.717) is 45.8 Å². The number of furan rings is 1. The smallest absolute Gasteiger partial charge is 0.317 e. The molecule has 1 atom stereocenters. The largest absolute Gasteiger partial charge is 0.468 e. The number of piperazine rings is 1. The van der Waals surface area contributed by atoms with Crippen molar-refractivity contribution in [1.29, 1.82) is 0 Å². The first-order valence-electron chi connectivity index (χ1n) is 9.20. The number of nitrogens with one attached hydrogen (secondary N) is 1. The van der Waals surface area contributed by atoms with Gasteiger partial charge in [0.1, 0.15) is 5.76 Å². The lowest BCUT2D eigenvalue weighted by molar-refractivity contribution is -0.128. The van der Waals surface area contributed by atoms with E-state index < -0.39 is 0 Å². The van der Waals surface area contributed by atoms with Crippen LogP contribution < -0.4 is 5.32 Å². The monoisotopic (exact) mass is 364 g/mol. The summed E-state index contributed by atoms with van der Waals surface area (Å²) in [7, 11) is 1.63. The van der Waals surface area contributed by atoms with Crippen LogP contribution in [-0.4, -0.2) is 86.2 Å². The van der Waals surface area contributed by atoms with Crippen LogP contribution in [-0.2, 0) is 16.1 Å². The summed E-state index contributed by atoms with van der Waals surface area (Å²) >= 11 is 0. The second-order valence-corrected chi connectivity index (χ2v) is 6.93. The van der Waals surface area contributed by atoms with Crippen LogP contribution in [0, 0.1) is 5.92 Å². The summed E-state index contributed by atoms with van der Waals surface area (Å²) in [4.78, 5) is 30.3. The topological polar surface area (TPSA) is 78.3 Å². The maximum absolute atomic E-state index is 12.4.